The summed E-state index contributed by atoms with van der Waals surface area (Å²) in [5.74, 6) is 0.295. The second-order valence-corrected chi connectivity index (χ2v) is 3.46. The fraction of sp³-hybridized carbons (Fsp3) is 0.250. The van der Waals surface area contributed by atoms with Gasteiger partial charge in [0.15, 0.2) is 17.3 Å². The highest BCUT2D eigenvalue weighted by Crippen LogP contribution is 2.27. The van der Waals surface area contributed by atoms with E-state index >= 15 is 0 Å². The molecule has 0 fully saturated rings. The maximum Gasteiger partial charge on any atom is 0.171 e. The second-order valence-electron chi connectivity index (χ2n) is 3.46. The molecule has 0 radical (unpaired) electrons. The van der Waals surface area contributed by atoms with Crippen LogP contribution in [-0.4, -0.2) is 11.8 Å². The largest absolute Gasteiger partial charge is 0.491 e. The first-order valence-electron chi connectivity index (χ1n) is 5.32. The molecule has 0 bridgehead atoms. The minimum atomic E-state index is -0.427. The molecule has 0 aliphatic heterocycles. The molecular weight excluding hydrogens is 223 g/mol. The Morgan fingerprint density at radius 3 is 2.94 bits per heavy atom. The van der Waals surface area contributed by atoms with E-state index < -0.39 is 5.82 Å². The van der Waals surface area contributed by atoms with Gasteiger partial charge in [-0.2, -0.15) is 0 Å². The van der Waals surface area contributed by atoms with Gasteiger partial charge in [-0.05, 0) is 25.1 Å². The van der Waals surface area contributed by atoms with Crippen LogP contribution in [0.25, 0.3) is 11.3 Å². The molecule has 2 aromatic rings. The summed E-state index contributed by atoms with van der Waals surface area (Å²) in [5.41, 5.74) is 6.87. The van der Waals surface area contributed by atoms with Crippen LogP contribution in [0.15, 0.2) is 28.9 Å². The summed E-state index contributed by atoms with van der Waals surface area (Å²) in [4.78, 5) is 0. The first-order valence-corrected chi connectivity index (χ1v) is 5.32. The minimum Gasteiger partial charge on any atom is -0.491 e. The maximum absolute atomic E-state index is 13.6. The molecular formula is C12H13FN2O2. The Morgan fingerprint density at radius 2 is 2.29 bits per heavy atom. The zero-order valence-electron chi connectivity index (χ0n) is 9.44. The standard InChI is InChI=1S/C12H13FN2O2/c1-2-16-11-4-3-8(5-10(11)13)12-9(6-14)7-15-17-12/h3-5,7H,2,6,14H2,1H3. The number of aromatic nitrogens is 1. The van der Waals surface area contributed by atoms with E-state index in [0.29, 0.717) is 24.5 Å². The molecule has 0 atom stereocenters. The lowest BCUT2D eigenvalue weighted by atomic mass is 10.1. The number of nitrogens with two attached hydrogens (primary N) is 1. The summed E-state index contributed by atoms with van der Waals surface area (Å²) in [6.45, 7) is 2.52. The Hall–Kier alpha value is -1.88. The van der Waals surface area contributed by atoms with Gasteiger partial charge in [0, 0.05) is 17.7 Å². The van der Waals surface area contributed by atoms with E-state index in [1.54, 1.807) is 19.1 Å². The van der Waals surface area contributed by atoms with Crippen molar-refractivity contribution in [3.05, 3.63) is 35.8 Å². The number of rotatable bonds is 4. The van der Waals surface area contributed by atoms with E-state index in [0.717, 1.165) is 5.56 Å². The number of hydrogen-bond acceptors (Lipinski definition) is 4. The Bertz CT molecular complexity index is 511. The molecule has 2 rings (SSSR count). The summed E-state index contributed by atoms with van der Waals surface area (Å²) < 4.78 is 23.8. The first-order chi connectivity index (χ1) is 8.26. The molecule has 4 nitrogen and oxygen atoms in total. The van der Waals surface area contributed by atoms with E-state index in [4.69, 9.17) is 15.0 Å². The van der Waals surface area contributed by atoms with Gasteiger partial charge in [0.25, 0.3) is 0 Å². The van der Waals surface area contributed by atoms with Crippen molar-refractivity contribution in [2.75, 3.05) is 6.61 Å². The van der Waals surface area contributed by atoms with Crippen molar-refractivity contribution in [2.45, 2.75) is 13.5 Å². The van der Waals surface area contributed by atoms with E-state index in [2.05, 4.69) is 5.16 Å². The smallest absolute Gasteiger partial charge is 0.171 e. The van der Waals surface area contributed by atoms with Crippen LogP contribution in [0, 0.1) is 5.82 Å². The molecule has 90 valence electrons. The fourth-order valence-electron chi connectivity index (χ4n) is 1.56. The molecule has 1 aromatic heterocycles. The van der Waals surface area contributed by atoms with Crippen LogP contribution < -0.4 is 10.5 Å². The van der Waals surface area contributed by atoms with Crippen molar-refractivity contribution in [3.8, 4) is 17.1 Å². The molecule has 0 saturated heterocycles. The van der Waals surface area contributed by atoms with Gasteiger partial charge in [0.2, 0.25) is 0 Å². The van der Waals surface area contributed by atoms with E-state index in [-0.39, 0.29) is 5.75 Å². The van der Waals surface area contributed by atoms with Crippen molar-refractivity contribution >= 4 is 0 Å². The average molecular weight is 236 g/mol. The van der Waals surface area contributed by atoms with E-state index in [9.17, 15) is 4.39 Å². The van der Waals surface area contributed by atoms with Crippen molar-refractivity contribution in [3.63, 3.8) is 0 Å². The van der Waals surface area contributed by atoms with Crippen molar-refractivity contribution in [1.82, 2.24) is 5.16 Å². The third kappa shape index (κ3) is 2.29. The first kappa shape index (κ1) is 11.6. The number of halogens is 1. The van der Waals surface area contributed by atoms with Crippen LogP contribution in [0.3, 0.4) is 0 Å². The van der Waals surface area contributed by atoms with Crippen molar-refractivity contribution in [1.29, 1.82) is 0 Å². The number of hydrogen-bond donors (Lipinski definition) is 1. The second kappa shape index (κ2) is 4.97. The van der Waals surface area contributed by atoms with Crippen molar-refractivity contribution < 1.29 is 13.7 Å². The van der Waals surface area contributed by atoms with Crippen LogP contribution in [0.4, 0.5) is 4.39 Å². The Balaban J connectivity index is 2.37. The SMILES string of the molecule is CCOc1ccc(-c2oncc2CN)cc1F. The molecule has 1 aromatic carbocycles. The summed E-state index contributed by atoms with van der Waals surface area (Å²) >= 11 is 0. The predicted octanol–water partition coefficient (Wildman–Crippen LogP) is 2.34. The van der Waals surface area contributed by atoms with Gasteiger partial charge in [-0.25, -0.2) is 4.39 Å². The molecule has 0 unspecified atom stereocenters. The van der Waals surface area contributed by atoms with Gasteiger partial charge < -0.3 is 15.0 Å². The highest BCUT2D eigenvalue weighted by molar-refractivity contribution is 5.61. The summed E-state index contributed by atoms with van der Waals surface area (Å²) in [6.07, 6.45) is 1.53. The summed E-state index contributed by atoms with van der Waals surface area (Å²) in [6, 6.07) is 4.63. The van der Waals surface area contributed by atoms with E-state index in [1.165, 1.54) is 12.3 Å². The highest BCUT2D eigenvalue weighted by atomic mass is 19.1. The quantitative estimate of drug-likeness (QED) is 0.885. The normalized spacial score (nSPS) is 10.5. The molecule has 0 saturated carbocycles. The molecule has 5 heteroatoms. The molecule has 2 N–H and O–H groups in total. The van der Waals surface area contributed by atoms with Crippen LogP contribution >= 0.6 is 0 Å². The van der Waals surface area contributed by atoms with Crippen LogP contribution in [-0.2, 0) is 6.54 Å². The fourth-order valence-corrected chi connectivity index (χ4v) is 1.56. The summed E-state index contributed by atoms with van der Waals surface area (Å²) in [7, 11) is 0. The number of ether oxygens (including phenoxy) is 1. The third-order valence-electron chi connectivity index (χ3n) is 2.36. The lowest BCUT2D eigenvalue weighted by Crippen LogP contribution is -1.97. The lowest BCUT2D eigenvalue weighted by Gasteiger charge is -2.05. The monoisotopic (exact) mass is 236 g/mol. The third-order valence-corrected chi connectivity index (χ3v) is 2.36. The molecule has 0 aliphatic rings. The molecule has 1 heterocycles. The minimum absolute atomic E-state index is 0.227. The van der Waals surface area contributed by atoms with Gasteiger partial charge in [-0.1, -0.05) is 5.16 Å². The Morgan fingerprint density at radius 1 is 1.47 bits per heavy atom. The van der Waals surface area contributed by atoms with Gasteiger partial charge in [-0.15, -0.1) is 0 Å². The predicted molar refractivity (Wildman–Crippen MR) is 61.0 cm³/mol. The summed E-state index contributed by atoms with van der Waals surface area (Å²) in [5, 5.41) is 3.65. The number of nitrogens with zero attached hydrogens (tertiary/aromatic N) is 1. The molecule has 0 aliphatic carbocycles. The van der Waals surface area contributed by atoms with Gasteiger partial charge in [0.05, 0.1) is 12.8 Å². The topological polar surface area (TPSA) is 61.3 Å². The molecule has 17 heavy (non-hydrogen) atoms. The zero-order chi connectivity index (χ0) is 12.3. The van der Waals surface area contributed by atoms with Gasteiger partial charge in [0.1, 0.15) is 0 Å². The zero-order valence-corrected chi connectivity index (χ0v) is 9.44. The highest BCUT2D eigenvalue weighted by Gasteiger charge is 2.12. The van der Waals surface area contributed by atoms with E-state index in [1.807, 2.05) is 0 Å². The van der Waals surface area contributed by atoms with Gasteiger partial charge in [-0.3, -0.25) is 0 Å². The average Bonchev–Trinajstić information content (AvgIpc) is 2.80. The Labute approximate surface area is 98.2 Å². The van der Waals surface area contributed by atoms with Crippen LogP contribution in [0.5, 0.6) is 5.75 Å². The maximum atomic E-state index is 13.6. The molecule has 0 amide bonds. The lowest BCUT2D eigenvalue weighted by molar-refractivity contribution is 0.321. The number of benzene rings is 1. The Kier molecular flexibility index (Phi) is 3.39. The van der Waals surface area contributed by atoms with Crippen molar-refractivity contribution in [2.24, 2.45) is 5.73 Å². The van der Waals surface area contributed by atoms with Crippen LogP contribution in [0.1, 0.15) is 12.5 Å². The molecule has 0 spiro atoms. The van der Waals surface area contributed by atoms with Gasteiger partial charge >= 0.3 is 0 Å². The van der Waals surface area contributed by atoms with Crippen LogP contribution in [0.2, 0.25) is 0 Å².